The third-order valence-electron chi connectivity index (χ3n) is 3.86. The van der Waals surface area contributed by atoms with E-state index in [1.165, 1.54) is 5.56 Å². The summed E-state index contributed by atoms with van der Waals surface area (Å²) >= 11 is 0. The highest BCUT2D eigenvalue weighted by atomic mass is 16.3. The highest BCUT2D eigenvalue weighted by molar-refractivity contribution is 5.15. The second-order valence-electron chi connectivity index (χ2n) is 5.37. The number of hydrogen-bond acceptors (Lipinski definition) is 2. The zero-order chi connectivity index (χ0) is 12.1. The Hall–Kier alpha value is -0.860. The van der Waals surface area contributed by atoms with E-state index >= 15 is 0 Å². The third-order valence-corrected chi connectivity index (χ3v) is 3.86. The number of aliphatic hydroxyl groups is 1. The number of aryl methyl sites for hydroxylation is 1. The molecule has 2 rings (SSSR count). The molecule has 17 heavy (non-hydrogen) atoms. The molecule has 1 atom stereocenters. The van der Waals surface area contributed by atoms with Crippen LogP contribution in [0.2, 0.25) is 0 Å². The molecule has 1 aliphatic heterocycles. The van der Waals surface area contributed by atoms with Gasteiger partial charge in [-0.15, -0.1) is 0 Å². The molecule has 1 saturated heterocycles. The molecule has 1 heterocycles. The first kappa shape index (κ1) is 12.6. The normalized spacial score (nSPS) is 26.7. The molecule has 2 nitrogen and oxygen atoms in total. The molecule has 1 aromatic carbocycles. The van der Waals surface area contributed by atoms with E-state index in [-0.39, 0.29) is 0 Å². The summed E-state index contributed by atoms with van der Waals surface area (Å²) in [6.07, 6.45) is 4.86. The van der Waals surface area contributed by atoms with E-state index in [9.17, 15) is 5.11 Å². The van der Waals surface area contributed by atoms with Gasteiger partial charge in [0.2, 0.25) is 0 Å². The first-order chi connectivity index (χ1) is 8.18. The maximum absolute atomic E-state index is 10.6. The predicted octanol–water partition coefficient (Wildman–Crippen LogP) is 2.47. The van der Waals surface area contributed by atoms with Gasteiger partial charge in [0.1, 0.15) is 0 Å². The SMILES string of the molecule is CN1CCCC(O)(CCc2ccccc2)CC1. The molecule has 0 aliphatic carbocycles. The summed E-state index contributed by atoms with van der Waals surface area (Å²) in [7, 11) is 2.14. The average molecular weight is 233 g/mol. The zero-order valence-electron chi connectivity index (χ0n) is 10.7. The molecule has 0 bridgehead atoms. The van der Waals surface area contributed by atoms with Crippen LogP contribution in [0.5, 0.6) is 0 Å². The predicted molar refractivity (Wildman–Crippen MR) is 71.1 cm³/mol. The van der Waals surface area contributed by atoms with E-state index in [4.69, 9.17) is 0 Å². The van der Waals surface area contributed by atoms with E-state index in [0.29, 0.717) is 0 Å². The molecular weight excluding hydrogens is 210 g/mol. The topological polar surface area (TPSA) is 23.5 Å². The minimum Gasteiger partial charge on any atom is -0.390 e. The van der Waals surface area contributed by atoms with Crippen LogP contribution < -0.4 is 0 Å². The smallest absolute Gasteiger partial charge is 0.0663 e. The Morgan fingerprint density at radius 1 is 1.18 bits per heavy atom. The molecule has 0 amide bonds. The van der Waals surface area contributed by atoms with Crippen LogP contribution in [0, 0.1) is 0 Å². The lowest BCUT2D eigenvalue weighted by Gasteiger charge is -2.26. The van der Waals surface area contributed by atoms with Gasteiger partial charge >= 0.3 is 0 Å². The Kier molecular flexibility index (Phi) is 4.19. The summed E-state index contributed by atoms with van der Waals surface area (Å²) in [4.78, 5) is 2.32. The molecule has 0 aromatic heterocycles. The summed E-state index contributed by atoms with van der Waals surface area (Å²) < 4.78 is 0. The van der Waals surface area contributed by atoms with Gasteiger partial charge in [-0.2, -0.15) is 0 Å². The molecule has 1 N–H and O–H groups in total. The van der Waals surface area contributed by atoms with E-state index in [1.807, 2.05) is 6.07 Å². The molecule has 94 valence electrons. The van der Waals surface area contributed by atoms with Gasteiger partial charge in [0.05, 0.1) is 5.60 Å². The molecule has 0 saturated carbocycles. The lowest BCUT2D eigenvalue weighted by Crippen LogP contribution is -2.30. The molecule has 0 radical (unpaired) electrons. The van der Waals surface area contributed by atoms with Gasteiger partial charge in [0.25, 0.3) is 0 Å². The van der Waals surface area contributed by atoms with Crippen molar-refractivity contribution < 1.29 is 5.11 Å². The fraction of sp³-hybridized carbons (Fsp3) is 0.600. The van der Waals surface area contributed by atoms with Gasteiger partial charge in [0.15, 0.2) is 0 Å². The Labute approximate surface area is 104 Å². The van der Waals surface area contributed by atoms with Gasteiger partial charge < -0.3 is 10.0 Å². The summed E-state index contributed by atoms with van der Waals surface area (Å²) in [5.74, 6) is 0. The zero-order valence-corrected chi connectivity index (χ0v) is 10.7. The number of rotatable bonds is 3. The number of likely N-dealkylation sites (tertiary alicyclic amines) is 1. The molecule has 1 aromatic rings. The summed E-state index contributed by atoms with van der Waals surface area (Å²) in [6, 6.07) is 10.5. The highest BCUT2D eigenvalue weighted by Crippen LogP contribution is 2.26. The van der Waals surface area contributed by atoms with Crippen LogP contribution in [-0.4, -0.2) is 35.7 Å². The fourth-order valence-corrected chi connectivity index (χ4v) is 2.59. The fourth-order valence-electron chi connectivity index (χ4n) is 2.59. The van der Waals surface area contributed by atoms with Crippen molar-refractivity contribution in [2.75, 3.05) is 20.1 Å². The van der Waals surface area contributed by atoms with Crippen LogP contribution in [-0.2, 0) is 6.42 Å². The molecule has 1 fully saturated rings. The molecule has 1 aliphatic rings. The van der Waals surface area contributed by atoms with Crippen molar-refractivity contribution in [3.8, 4) is 0 Å². The Bertz CT molecular complexity index is 338. The second-order valence-corrected chi connectivity index (χ2v) is 5.37. The second kappa shape index (κ2) is 5.65. The van der Waals surface area contributed by atoms with Crippen molar-refractivity contribution in [2.24, 2.45) is 0 Å². The lowest BCUT2D eigenvalue weighted by molar-refractivity contribution is 0.0178. The molecule has 0 spiro atoms. The van der Waals surface area contributed by atoms with Gasteiger partial charge in [-0.05, 0) is 51.3 Å². The first-order valence-electron chi connectivity index (χ1n) is 6.63. The van der Waals surface area contributed by atoms with Crippen molar-refractivity contribution in [3.05, 3.63) is 35.9 Å². The summed E-state index contributed by atoms with van der Waals surface area (Å²) in [5.41, 5.74) is 0.888. The van der Waals surface area contributed by atoms with Crippen LogP contribution in [0.15, 0.2) is 30.3 Å². The third kappa shape index (κ3) is 3.83. The van der Waals surface area contributed by atoms with Crippen molar-refractivity contribution in [3.63, 3.8) is 0 Å². The van der Waals surface area contributed by atoms with E-state index in [2.05, 4.69) is 36.2 Å². The Morgan fingerprint density at radius 3 is 2.71 bits per heavy atom. The average Bonchev–Trinajstić information content (AvgIpc) is 2.51. The largest absolute Gasteiger partial charge is 0.390 e. The standard InChI is InChI=1S/C15H23NO/c1-16-12-5-9-15(17,11-13-16)10-8-14-6-3-2-4-7-14/h2-4,6-7,17H,5,8-13H2,1H3. The molecule has 2 heteroatoms. The van der Waals surface area contributed by atoms with Crippen LogP contribution >= 0.6 is 0 Å². The van der Waals surface area contributed by atoms with Crippen molar-refractivity contribution in [1.29, 1.82) is 0 Å². The number of benzene rings is 1. The summed E-state index contributed by atoms with van der Waals surface area (Å²) in [5, 5.41) is 10.6. The van der Waals surface area contributed by atoms with Crippen LogP contribution in [0.4, 0.5) is 0 Å². The quantitative estimate of drug-likeness (QED) is 0.867. The van der Waals surface area contributed by atoms with Crippen LogP contribution in [0.3, 0.4) is 0 Å². The van der Waals surface area contributed by atoms with E-state index < -0.39 is 5.60 Å². The van der Waals surface area contributed by atoms with Crippen LogP contribution in [0.1, 0.15) is 31.2 Å². The van der Waals surface area contributed by atoms with E-state index in [0.717, 1.165) is 45.2 Å². The Morgan fingerprint density at radius 2 is 1.94 bits per heavy atom. The number of nitrogens with zero attached hydrogens (tertiary/aromatic N) is 1. The highest BCUT2D eigenvalue weighted by Gasteiger charge is 2.28. The van der Waals surface area contributed by atoms with E-state index in [1.54, 1.807) is 0 Å². The lowest BCUT2D eigenvalue weighted by atomic mass is 9.88. The van der Waals surface area contributed by atoms with Crippen molar-refractivity contribution >= 4 is 0 Å². The maximum atomic E-state index is 10.6. The first-order valence-corrected chi connectivity index (χ1v) is 6.63. The number of hydrogen-bond donors (Lipinski definition) is 1. The van der Waals surface area contributed by atoms with Gasteiger partial charge in [0, 0.05) is 6.54 Å². The van der Waals surface area contributed by atoms with Crippen molar-refractivity contribution in [2.45, 2.75) is 37.7 Å². The molecule has 1 unspecified atom stereocenters. The van der Waals surface area contributed by atoms with Gasteiger partial charge in [-0.1, -0.05) is 30.3 Å². The minimum absolute atomic E-state index is 0.444. The van der Waals surface area contributed by atoms with Gasteiger partial charge in [-0.3, -0.25) is 0 Å². The van der Waals surface area contributed by atoms with Gasteiger partial charge in [-0.25, -0.2) is 0 Å². The Balaban J connectivity index is 1.89. The minimum atomic E-state index is -0.444. The maximum Gasteiger partial charge on any atom is 0.0663 e. The van der Waals surface area contributed by atoms with Crippen molar-refractivity contribution in [1.82, 2.24) is 4.90 Å². The summed E-state index contributed by atoms with van der Waals surface area (Å²) in [6.45, 7) is 2.14. The monoisotopic (exact) mass is 233 g/mol. The van der Waals surface area contributed by atoms with Crippen LogP contribution in [0.25, 0.3) is 0 Å². The molecular formula is C15H23NO.